The number of hydrogen-bond donors (Lipinski definition) is 0. The molecular weight excluding hydrogens is 508 g/mol. The van der Waals surface area contributed by atoms with Crippen LogP contribution in [0.25, 0.3) is 17.0 Å². The number of fused-ring (bicyclic) bond motifs is 2. The van der Waals surface area contributed by atoms with Crippen molar-refractivity contribution in [2.24, 2.45) is 16.7 Å². The Balaban J connectivity index is 1.37. The molecule has 6 rings (SSSR count). The first kappa shape index (κ1) is 24.4. The number of carbonyl (C=O) groups excluding carboxylic acids is 1. The fourth-order valence-corrected chi connectivity index (χ4v) is 11.0. The third kappa shape index (κ3) is 3.32. The van der Waals surface area contributed by atoms with Crippen molar-refractivity contribution in [2.75, 3.05) is 5.75 Å². The van der Waals surface area contributed by atoms with Crippen molar-refractivity contribution in [3.63, 3.8) is 0 Å². The lowest BCUT2D eigenvalue weighted by atomic mass is 9.69. The summed E-state index contributed by atoms with van der Waals surface area (Å²) in [6.45, 7) is 6.18. The maximum atomic E-state index is 13.4. The van der Waals surface area contributed by atoms with E-state index in [1.807, 2.05) is 6.92 Å². The maximum absolute atomic E-state index is 13.4. The lowest BCUT2D eigenvalue weighted by Gasteiger charge is -2.36. The van der Waals surface area contributed by atoms with Crippen LogP contribution in [0.2, 0.25) is 0 Å². The predicted octanol–water partition coefficient (Wildman–Crippen LogP) is 4.57. The van der Waals surface area contributed by atoms with Gasteiger partial charge in [0.05, 0.1) is 22.2 Å². The molecule has 1 amide bonds. The summed E-state index contributed by atoms with van der Waals surface area (Å²) >= 11 is 0. The van der Waals surface area contributed by atoms with Crippen LogP contribution < -0.4 is 0 Å². The third-order valence-corrected chi connectivity index (χ3v) is 12.9. The zero-order valence-electron chi connectivity index (χ0n) is 21.1. The molecule has 194 valence electrons. The highest BCUT2D eigenvalue weighted by Gasteiger charge is 2.72. The second kappa shape index (κ2) is 7.80. The van der Waals surface area contributed by atoms with Crippen LogP contribution >= 0.6 is 0 Å². The molecule has 7 nitrogen and oxygen atoms in total. The molecule has 3 aliphatic rings. The van der Waals surface area contributed by atoms with Gasteiger partial charge in [0, 0.05) is 28.6 Å². The molecule has 1 saturated heterocycles. The Morgan fingerprint density at radius 3 is 2.49 bits per heavy atom. The molecule has 2 heterocycles. The number of hydrogen-bond acceptors (Lipinski definition) is 5. The number of aryl methyl sites for hydroxylation is 1. The Kier molecular flexibility index (Phi) is 5.15. The average molecular weight is 539 g/mol. The third-order valence-electron chi connectivity index (χ3n) is 9.32. The van der Waals surface area contributed by atoms with Gasteiger partial charge >= 0.3 is 0 Å². The van der Waals surface area contributed by atoms with Crippen LogP contribution in [0.5, 0.6) is 0 Å². The van der Waals surface area contributed by atoms with E-state index in [2.05, 4.69) is 13.8 Å². The van der Waals surface area contributed by atoms with Crippen molar-refractivity contribution in [1.82, 2.24) is 8.28 Å². The van der Waals surface area contributed by atoms with Crippen molar-refractivity contribution >= 4 is 42.9 Å². The number of sulfonamides is 1. The fourth-order valence-electron chi connectivity index (χ4n) is 7.14. The largest absolute Gasteiger partial charge is 0.269 e. The molecule has 3 atom stereocenters. The van der Waals surface area contributed by atoms with Gasteiger partial charge in [-0.25, -0.2) is 25.1 Å². The zero-order chi connectivity index (χ0) is 26.4. The van der Waals surface area contributed by atoms with Gasteiger partial charge in [-0.15, -0.1) is 0 Å². The molecule has 3 aromatic rings. The smallest absolute Gasteiger partial charge is 0.268 e. The van der Waals surface area contributed by atoms with Crippen LogP contribution in [0.4, 0.5) is 0 Å². The van der Waals surface area contributed by atoms with Gasteiger partial charge in [0.25, 0.3) is 15.9 Å². The minimum absolute atomic E-state index is 0.0157. The molecule has 2 bridgehead atoms. The number of para-hydroxylation sites is 1. The Hall–Kier alpha value is -2.91. The van der Waals surface area contributed by atoms with Gasteiger partial charge in [0.2, 0.25) is 10.0 Å². The van der Waals surface area contributed by atoms with Crippen molar-refractivity contribution in [3.05, 3.63) is 71.9 Å². The highest BCUT2D eigenvalue weighted by molar-refractivity contribution is 7.90. The van der Waals surface area contributed by atoms with Crippen LogP contribution in [0, 0.1) is 23.7 Å². The summed E-state index contributed by atoms with van der Waals surface area (Å²) in [7, 11) is -7.61. The number of aromatic nitrogens is 1. The van der Waals surface area contributed by atoms with E-state index >= 15 is 0 Å². The van der Waals surface area contributed by atoms with Gasteiger partial charge in [-0.3, -0.25) is 4.79 Å². The van der Waals surface area contributed by atoms with Crippen LogP contribution in [0.3, 0.4) is 0 Å². The van der Waals surface area contributed by atoms with E-state index in [4.69, 9.17) is 0 Å². The van der Waals surface area contributed by atoms with E-state index in [1.165, 1.54) is 22.3 Å². The molecule has 2 aromatic carbocycles. The van der Waals surface area contributed by atoms with Crippen molar-refractivity contribution in [3.8, 4) is 0 Å². The molecule has 2 unspecified atom stereocenters. The van der Waals surface area contributed by atoms with Crippen molar-refractivity contribution in [2.45, 2.75) is 51.0 Å². The monoisotopic (exact) mass is 538 g/mol. The Morgan fingerprint density at radius 1 is 1.08 bits per heavy atom. The molecular formula is C28H30N2O5S2. The van der Waals surface area contributed by atoms with Crippen LogP contribution in [0.1, 0.15) is 44.2 Å². The van der Waals surface area contributed by atoms with Gasteiger partial charge in [0.15, 0.2) is 0 Å². The Labute approximate surface area is 217 Å². The first-order chi connectivity index (χ1) is 17.4. The van der Waals surface area contributed by atoms with E-state index in [0.29, 0.717) is 28.8 Å². The van der Waals surface area contributed by atoms with Gasteiger partial charge in [0.1, 0.15) is 0 Å². The molecule has 2 aliphatic carbocycles. The normalized spacial score (nSPS) is 27.8. The first-order valence-corrected chi connectivity index (χ1v) is 15.6. The van der Waals surface area contributed by atoms with Crippen molar-refractivity contribution in [1.29, 1.82) is 0 Å². The van der Waals surface area contributed by atoms with Gasteiger partial charge in [-0.05, 0) is 61.8 Å². The zero-order valence-corrected chi connectivity index (χ0v) is 22.7. The lowest BCUT2D eigenvalue weighted by Crippen LogP contribution is -2.43. The number of rotatable bonds is 4. The molecule has 37 heavy (non-hydrogen) atoms. The topological polar surface area (TPSA) is 93.5 Å². The number of benzene rings is 2. The highest BCUT2D eigenvalue weighted by atomic mass is 32.2. The minimum atomic E-state index is -3.87. The van der Waals surface area contributed by atoms with E-state index in [9.17, 15) is 21.6 Å². The molecule has 1 aromatic heterocycles. The molecule has 0 N–H and O–H groups in total. The van der Waals surface area contributed by atoms with E-state index in [1.54, 1.807) is 48.5 Å². The molecule has 0 radical (unpaired) electrons. The molecule has 1 aliphatic heterocycles. The summed E-state index contributed by atoms with van der Waals surface area (Å²) in [5.74, 6) is -0.136. The van der Waals surface area contributed by atoms with E-state index in [-0.39, 0.29) is 22.1 Å². The maximum Gasteiger partial charge on any atom is 0.268 e. The Bertz CT molecular complexity index is 1680. The standard InChI is InChI=1S/C28H30N2O5S2/c1-19-8-11-22(12-9-19)37(34,35)29-17-20(23-6-4-5-7-24(23)29)10-13-26(31)30-25-16-21-14-15-28(25,27(21,2)3)18-36(30,32)33/h4-13,17,21,25H,14-16,18H2,1-3H3/b13-10+/t21?,25?,28-/m1/s1. The van der Waals surface area contributed by atoms with Crippen molar-refractivity contribution < 1.29 is 21.6 Å². The summed E-state index contributed by atoms with van der Waals surface area (Å²) in [4.78, 5) is 13.6. The second-order valence-corrected chi connectivity index (χ2v) is 15.0. The fraction of sp³-hybridized carbons (Fsp3) is 0.393. The number of carbonyl (C=O) groups is 1. The first-order valence-electron chi connectivity index (χ1n) is 12.5. The summed E-state index contributed by atoms with van der Waals surface area (Å²) in [5, 5.41) is 0.657. The van der Waals surface area contributed by atoms with Crippen LogP contribution in [-0.2, 0) is 24.8 Å². The Morgan fingerprint density at radius 2 is 1.78 bits per heavy atom. The summed E-state index contributed by atoms with van der Waals surface area (Å²) < 4.78 is 55.7. The van der Waals surface area contributed by atoms with Gasteiger partial charge < -0.3 is 0 Å². The lowest BCUT2D eigenvalue weighted by molar-refractivity contribution is -0.123. The SMILES string of the molecule is Cc1ccc(S(=O)(=O)n2cc(/C=C/C(=O)N3C4CC5CC[C@]4(CS3(=O)=O)C5(C)C)c3ccccc32)cc1. The van der Waals surface area contributed by atoms with Crippen LogP contribution in [-0.4, -0.2) is 42.8 Å². The predicted molar refractivity (Wildman–Crippen MR) is 143 cm³/mol. The summed E-state index contributed by atoms with van der Waals surface area (Å²) in [6.07, 6.45) is 6.84. The van der Waals surface area contributed by atoms with Gasteiger partial charge in [-0.1, -0.05) is 49.7 Å². The molecule has 1 spiro atoms. The quantitative estimate of drug-likeness (QED) is 0.454. The minimum Gasteiger partial charge on any atom is -0.269 e. The second-order valence-electron chi connectivity index (χ2n) is 11.3. The number of amides is 1. The highest BCUT2D eigenvalue weighted by Crippen LogP contribution is 2.70. The molecule has 2 saturated carbocycles. The van der Waals surface area contributed by atoms with Gasteiger partial charge in [-0.2, -0.15) is 0 Å². The van der Waals surface area contributed by atoms with E-state index in [0.717, 1.165) is 22.7 Å². The van der Waals surface area contributed by atoms with E-state index < -0.39 is 31.4 Å². The average Bonchev–Trinajstić information content (AvgIpc) is 3.48. The number of nitrogens with zero attached hydrogens (tertiary/aromatic N) is 2. The molecule has 3 fully saturated rings. The summed E-state index contributed by atoms with van der Waals surface area (Å²) in [6, 6.07) is 13.4. The summed E-state index contributed by atoms with van der Waals surface area (Å²) in [5.41, 5.74) is 1.45. The molecule has 9 heteroatoms. The van der Waals surface area contributed by atoms with Crippen LogP contribution in [0.15, 0.2) is 65.7 Å².